The fourth-order valence-electron chi connectivity index (χ4n) is 4.61. The molecule has 0 spiro atoms. The minimum atomic E-state index is -3.57. The summed E-state index contributed by atoms with van der Waals surface area (Å²) in [7, 11) is -7.14. The van der Waals surface area contributed by atoms with Crippen LogP contribution < -0.4 is 0 Å². The number of benzene rings is 4. The molecular formula is C30H18N4O4S4Zn. The minimum Gasteiger partial charge on any atom is -0.572 e. The number of nitrogens with zero attached hydrogens (tertiary/aromatic N) is 4. The molecule has 0 saturated carbocycles. The zero-order valence-corrected chi connectivity index (χ0v) is 28.4. The van der Waals surface area contributed by atoms with Crippen LogP contribution in [0.25, 0.3) is 53.4 Å². The smallest absolute Gasteiger partial charge is 0.572 e. The second-order valence-electron chi connectivity index (χ2n) is 9.22. The number of sulfonamides is 2. The first kappa shape index (κ1) is 29.3. The Hall–Kier alpha value is -3.74. The molecule has 2 aliphatic rings. The van der Waals surface area contributed by atoms with Gasteiger partial charge in [0.25, 0.3) is 0 Å². The summed E-state index contributed by atoms with van der Waals surface area (Å²) in [5.41, 5.74) is 3.98. The van der Waals surface area contributed by atoms with E-state index in [1.165, 1.54) is 22.7 Å². The van der Waals surface area contributed by atoms with Crippen LogP contribution in [0.5, 0.6) is 0 Å². The van der Waals surface area contributed by atoms with Crippen LogP contribution in [0.3, 0.4) is 0 Å². The molecule has 2 aromatic heterocycles. The predicted molar refractivity (Wildman–Crippen MR) is 169 cm³/mol. The van der Waals surface area contributed by atoms with Crippen LogP contribution in [-0.2, 0) is 39.5 Å². The van der Waals surface area contributed by atoms with Crippen molar-refractivity contribution in [3.8, 4) is 0 Å². The maximum absolute atomic E-state index is 12.0. The van der Waals surface area contributed by atoms with Crippen molar-refractivity contribution in [2.75, 3.05) is 0 Å². The van der Waals surface area contributed by atoms with Gasteiger partial charge >= 0.3 is 19.5 Å². The van der Waals surface area contributed by atoms with Crippen LogP contribution >= 0.6 is 22.7 Å². The van der Waals surface area contributed by atoms with Crippen LogP contribution in [0.1, 0.15) is 21.1 Å². The Morgan fingerprint density at radius 3 is 1.33 bits per heavy atom. The molecule has 8 rings (SSSR count). The zero-order valence-electron chi connectivity index (χ0n) is 22.2. The Morgan fingerprint density at radius 2 is 0.907 bits per heavy atom. The first-order valence-electron chi connectivity index (χ1n) is 12.6. The van der Waals surface area contributed by atoms with Crippen LogP contribution in [0, 0.1) is 0 Å². The van der Waals surface area contributed by atoms with Gasteiger partial charge in [0, 0.05) is 0 Å². The standard InChI is InChI=1S/2C15H9N2O2S2.Zn/c2*18-21(19)14-8-4-1-5-10(14)12(17-21)9-15-16-11-6-2-3-7-13(11)20-15;/h2*1-9H;/q2*-1;+2/b12-9+;12-9-;. The van der Waals surface area contributed by atoms with Gasteiger partial charge in [-0.1, -0.05) is 60.7 Å². The van der Waals surface area contributed by atoms with Crippen molar-refractivity contribution in [3.63, 3.8) is 0 Å². The summed E-state index contributed by atoms with van der Waals surface area (Å²) in [4.78, 5) is 9.49. The zero-order chi connectivity index (χ0) is 28.9. The molecule has 0 unspecified atom stereocenters. The predicted octanol–water partition coefficient (Wildman–Crippen LogP) is 7.74. The Balaban J connectivity index is 0.000000150. The molecule has 0 saturated heterocycles. The molecule has 6 aromatic rings. The second kappa shape index (κ2) is 11.4. The van der Waals surface area contributed by atoms with E-state index in [4.69, 9.17) is 0 Å². The average Bonchev–Trinajstić information content (AvgIpc) is 3.71. The van der Waals surface area contributed by atoms with Crippen molar-refractivity contribution in [2.45, 2.75) is 9.79 Å². The van der Waals surface area contributed by atoms with Crippen LogP contribution in [0.4, 0.5) is 0 Å². The first-order chi connectivity index (χ1) is 20.3. The van der Waals surface area contributed by atoms with Gasteiger partial charge < -0.3 is 9.44 Å². The maximum Gasteiger partial charge on any atom is 2.00 e. The van der Waals surface area contributed by atoms with E-state index in [1.807, 2.05) is 48.5 Å². The maximum atomic E-state index is 12.0. The topological polar surface area (TPSA) is 122 Å². The fourth-order valence-corrected chi connectivity index (χ4v) is 8.84. The largest absolute Gasteiger partial charge is 2.00 e. The van der Waals surface area contributed by atoms with E-state index >= 15 is 0 Å². The molecule has 0 bridgehead atoms. The number of hydrogen-bond acceptors (Lipinski definition) is 8. The molecule has 2 aliphatic heterocycles. The molecule has 0 aliphatic carbocycles. The molecule has 0 radical (unpaired) electrons. The van der Waals surface area contributed by atoms with Crippen LogP contribution in [0.2, 0.25) is 0 Å². The quantitative estimate of drug-likeness (QED) is 0.171. The van der Waals surface area contributed by atoms with Gasteiger partial charge in [-0.3, -0.25) is 0 Å². The molecule has 4 heterocycles. The van der Waals surface area contributed by atoms with Gasteiger partial charge in [-0.05, 0) is 59.7 Å². The summed E-state index contributed by atoms with van der Waals surface area (Å²) in [5.74, 6) is 0. The Bertz CT molecular complexity index is 2080. The number of thiazole rings is 2. The van der Waals surface area contributed by atoms with Crippen molar-refractivity contribution in [2.24, 2.45) is 0 Å². The summed E-state index contributed by atoms with van der Waals surface area (Å²) in [6, 6.07) is 29.3. The van der Waals surface area contributed by atoms with Crippen molar-refractivity contribution < 1.29 is 36.3 Å². The van der Waals surface area contributed by atoms with Gasteiger partial charge in [0.2, 0.25) is 0 Å². The Kier molecular flexibility index (Phi) is 7.78. The van der Waals surface area contributed by atoms with Crippen LogP contribution in [0.15, 0.2) is 107 Å². The molecule has 8 nitrogen and oxygen atoms in total. The number of aromatic nitrogens is 2. The van der Waals surface area contributed by atoms with E-state index in [9.17, 15) is 16.8 Å². The molecule has 0 fully saturated rings. The van der Waals surface area contributed by atoms with Gasteiger partial charge in [-0.25, -0.2) is 26.8 Å². The molecule has 13 heteroatoms. The number of fused-ring (bicyclic) bond motifs is 4. The monoisotopic (exact) mass is 690 g/mol. The Labute approximate surface area is 268 Å². The number of para-hydroxylation sites is 2. The third kappa shape index (κ3) is 5.66. The van der Waals surface area contributed by atoms with E-state index in [-0.39, 0.29) is 29.3 Å². The summed E-state index contributed by atoms with van der Waals surface area (Å²) in [5, 5.41) is 1.50. The molecule has 43 heavy (non-hydrogen) atoms. The van der Waals surface area contributed by atoms with Crippen molar-refractivity contribution in [1.29, 1.82) is 0 Å². The first-order valence-corrected chi connectivity index (χ1v) is 17.1. The number of rotatable bonds is 2. The van der Waals surface area contributed by atoms with E-state index in [2.05, 4.69) is 19.4 Å². The summed E-state index contributed by atoms with van der Waals surface area (Å²) >= 11 is 3.03. The molecule has 208 valence electrons. The third-order valence-corrected chi connectivity index (χ3v) is 11.1. The molecule has 0 amide bonds. The minimum absolute atomic E-state index is 0. The van der Waals surface area contributed by atoms with Gasteiger partial charge in [0.1, 0.15) is 30.1 Å². The fraction of sp³-hybridized carbons (Fsp3) is 0. The molecule has 4 aromatic carbocycles. The normalized spacial score (nSPS) is 17.4. The van der Waals surface area contributed by atoms with Crippen molar-refractivity contribution >= 4 is 86.7 Å². The number of hydrogen-bond donors (Lipinski definition) is 0. The molecule has 0 atom stereocenters. The summed E-state index contributed by atoms with van der Waals surface area (Å²) in [6.07, 6.45) is 3.46. The van der Waals surface area contributed by atoms with Crippen molar-refractivity contribution in [1.82, 2.24) is 9.97 Å². The Morgan fingerprint density at radius 1 is 0.535 bits per heavy atom. The molecular weight excluding hydrogens is 674 g/mol. The van der Waals surface area contributed by atoms with Crippen LogP contribution in [-0.4, -0.2) is 26.8 Å². The van der Waals surface area contributed by atoms with Gasteiger partial charge in [-0.15, -0.1) is 34.1 Å². The van der Waals surface area contributed by atoms with E-state index in [0.717, 1.165) is 30.4 Å². The van der Waals surface area contributed by atoms with E-state index in [0.29, 0.717) is 22.5 Å². The summed E-state index contributed by atoms with van der Waals surface area (Å²) in [6.45, 7) is 0. The second-order valence-corrected chi connectivity index (χ2v) is 14.5. The average molecular weight is 692 g/mol. The SMILES string of the molecule is O=S1(=O)[N-]/C(=C/c2nc3ccccc3s2)c2ccccc21.O=S1(=O)[N-]/C(=C\c2nc3ccccc3s2)c2ccccc21.[Zn+2]. The third-order valence-electron chi connectivity index (χ3n) is 6.46. The van der Waals surface area contributed by atoms with E-state index < -0.39 is 20.0 Å². The summed E-state index contributed by atoms with van der Waals surface area (Å²) < 4.78 is 57.8. The van der Waals surface area contributed by atoms with Gasteiger partial charge in [0.05, 0.1) is 30.2 Å². The van der Waals surface area contributed by atoms with Gasteiger partial charge in [0.15, 0.2) is 0 Å². The van der Waals surface area contributed by atoms with E-state index in [1.54, 1.807) is 60.7 Å². The van der Waals surface area contributed by atoms with Gasteiger partial charge in [-0.2, -0.15) is 0 Å². The molecule has 0 N–H and O–H groups in total. The van der Waals surface area contributed by atoms with Crippen molar-refractivity contribution in [3.05, 3.63) is 128 Å².